The molecule has 1 aliphatic heterocycles. The first-order chi connectivity index (χ1) is 6.80. The third kappa shape index (κ3) is 1.03. The summed E-state index contributed by atoms with van der Waals surface area (Å²) in [5, 5.41) is 13.3. The van der Waals surface area contributed by atoms with Gasteiger partial charge in [0.15, 0.2) is 0 Å². The van der Waals surface area contributed by atoms with Crippen LogP contribution in [0.3, 0.4) is 0 Å². The minimum absolute atomic E-state index is 0.424. The SMILES string of the molecule is OC1(c2csc3ccccc23)COC1. The van der Waals surface area contributed by atoms with Gasteiger partial charge in [-0.15, -0.1) is 11.3 Å². The zero-order valence-electron chi connectivity index (χ0n) is 7.56. The number of hydrogen-bond acceptors (Lipinski definition) is 3. The lowest BCUT2D eigenvalue weighted by Crippen LogP contribution is -2.46. The predicted octanol–water partition coefficient (Wildman–Crippen LogP) is 2.12. The third-order valence-corrected chi connectivity index (χ3v) is 3.63. The molecule has 0 bridgehead atoms. The summed E-state index contributed by atoms with van der Waals surface area (Å²) < 4.78 is 6.29. The van der Waals surface area contributed by atoms with E-state index in [9.17, 15) is 5.11 Å². The van der Waals surface area contributed by atoms with Gasteiger partial charge in [0.05, 0.1) is 13.2 Å². The zero-order chi connectivity index (χ0) is 9.60. The average Bonchev–Trinajstić information content (AvgIpc) is 2.58. The monoisotopic (exact) mass is 206 g/mol. The first-order valence-electron chi connectivity index (χ1n) is 4.56. The summed E-state index contributed by atoms with van der Waals surface area (Å²) in [6.07, 6.45) is 0. The minimum atomic E-state index is -0.737. The van der Waals surface area contributed by atoms with Crippen molar-refractivity contribution in [1.82, 2.24) is 0 Å². The molecule has 2 nitrogen and oxygen atoms in total. The molecule has 0 radical (unpaired) electrons. The Hall–Kier alpha value is -0.900. The van der Waals surface area contributed by atoms with Crippen LogP contribution in [0.15, 0.2) is 29.6 Å². The van der Waals surface area contributed by atoms with Gasteiger partial charge in [-0.3, -0.25) is 0 Å². The molecule has 3 rings (SSSR count). The average molecular weight is 206 g/mol. The molecule has 1 fully saturated rings. The lowest BCUT2D eigenvalue weighted by molar-refractivity contribution is -0.183. The second-order valence-electron chi connectivity index (χ2n) is 3.67. The van der Waals surface area contributed by atoms with Crippen molar-refractivity contribution in [1.29, 1.82) is 0 Å². The second-order valence-corrected chi connectivity index (χ2v) is 4.58. The van der Waals surface area contributed by atoms with Crippen LogP contribution >= 0.6 is 11.3 Å². The van der Waals surface area contributed by atoms with Gasteiger partial charge in [0.1, 0.15) is 5.60 Å². The highest BCUT2D eigenvalue weighted by Crippen LogP contribution is 2.37. The van der Waals surface area contributed by atoms with Gasteiger partial charge in [-0.1, -0.05) is 18.2 Å². The van der Waals surface area contributed by atoms with Crippen LogP contribution in [-0.2, 0) is 10.3 Å². The quantitative estimate of drug-likeness (QED) is 0.774. The van der Waals surface area contributed by atoms with Crippen LogP contribution in [0.1, 0.15) is 5.56 Å². The first kappa shape index (κ1) is 8.41. The molecule has 0 spiro atoms. The van der Waals surface area contributed by atoms with Crippen LogP contribution in [-0.4, -0.2) is 18.3 Å². The van der Waals surface area contributed by atoms with Gasteiger partial charge in [0.2, 0.25) is 0 Å². The lowest BCUT2D eigenvalue weighted by Gasteiger charge is -2.36. The third-order valence-electron chi connectivity index (χ3n) is 2.66. The zero-order valence-corrected chi connectivity index (χ0v) is 8.38. The smallest absolute Gasteiger partial charge is 0.137 e. The Kier molecular flexibility index (Phi) is 1.68. The van der Waals surface area contributed by atoms with Crippen LogP contribution in [0.25, 0.3) is 10.1 Å². The van der Waals surface area contributed by atoms with Crippen LogP contribution in [0, 0.1) is 0 Å². The van der Waals surface area contributed by atoms with Crippen molar-refractivity contribution >= 4 is 21.4 Å². The van der Waals surface area contributed by atoms with Crippen molar-refractivity contribution < 1.29 is 9.84 Å². The van der Waals surface area contributed by atoms with E-state index in [4.69, 9.17) is 4.74 Å². The molecule has 1 N–H and O–H groups in total. The Morgan fingerprint density at radius 1 is 1.29 bits per heavy atom. The molecule has 72 valence electrons. The van der Waals surface area contributed by atoms with Gasteiger partial charge in [0.25, 0.3) is 0 Å². The summed E-state index contributed by atoms with van der Waals surface area (Å²) in [5.74, 6) is 0. The summed E-state index contributed by atoms with van der Waals surface area (Å²) in [5.41, 5.74) is 0.281. The van der Waals surface area contributed by atoms with Crippen LogP contribution in [0.5, 0.6) is 0 Å². The van der Waals surface area contributed by atoms with E-state index in [2.05, 4.69) is 12.1 Å². The summed E-state index contributed by atoms with van der Waals surface area (Å²) in [6.45, 7) is 0.849. The Bertz CT molecular complexity index is 471. The van der Waals surface area contributed by atoms with Crippen LogP contribution in [0.2, 0.25) is 0 Å². The Balaban J connectivity index is 2.22. The number of ether oxygens (including phenoxy) is 1. The fourth-order valence-electron chi connectivity index (χ4n) is 1.79. The van der Waals surface area contributed by atoms with Gasteiger partial charge >= 0.3 is 0 Å². The van der Waals surface area contributed by atoms with Crippen molar-refractivity contribution in [3.05, 3.63) is 35.2 Å². The second kappa shape index (κ2) is 2.79. The molecule has 0 saturated carbocycles. The molecule has 0 unspecified atom stereocenters. The van der Waals surface area contributed by atoms with E-state index in [1.165, 1.54) is 4.70 Å². The number of hydrogen-bond donors (Lipinski definition) is 1. The Labute approximate surface area is 85.8 Å². The largest absolute Gasteiger partial charge is 0.380 e. The number of fused-ring (bicyclic) bond motifs is 1. The van der Waals surface area contributed by atoms with Crippen molar-refractivity contribution in [3.8, 4) is 0 Å². The van der Waals surface area contributed by atoms with Crippen molar-refractivity contribution in [2.45, 2.75) is 5.60 Å². The Morgan fingerprint density at radius 3 is 2.79 bits per heavy atom. The minimum Gasteiger partial charge on any atom is -0.380 e. The first-order valence-corrected chi connectivity index (χ1v) is 5.44. The molecule has 1 aliphatic rings. The van der Waals surface area contributed by atoms with Gasteiger partial charge in [-0.2, -0.15) is 0 Å². The summed E-state index contributed by atoms with van der Waals surface area (Å²) >= 11 is 1.67. The van der Waals surface area contributed by atoms with Gasteiger partial charge in [0, 0.05) is 10.3 Å². The summed E-state index contributed by atoms with van der Waals surface area (Å²) in [6, 6.07) is 8.15. The van der Waals surface area contributed by atoms with Crippen molar-refractivity contribution in [2.24, 2.45) is 0 Å². The number of rotatable bonds is 1. The molecule has 1 aromatic carbocycles. The molecular formula is C11H10O2S. The molecule has 2 aromatic rings. The van der Waals surface area contributed by atoms with Crippen molar-refractivity contribution in [2.75, 3.05) is 13.2 Å². The van der Waals surface area contributed by atoms with E-state index >= 15 is 0 Å². The summed E-state index contributed by atoms with van der Waals surface area (Å²) in [7, 11) is 0. The van der Waals surface area contributed by atoms with E-state index in [0.717, 1.165) is 10.9 Å². The van der Waals surface area contributed by atoms with Gasteiger partial charge in [-0.05, 0) is 16.8 Å². The molecule has 0 amide bonds. The standard InChI is InChI=1S/C11H10O2S/c12-11(6-13-7-11)9-5-14-10-4-2-1-3-8(9)10/h1-5,12H,6-7H2. The topological polar surface area (TPSA) is 29.5 Å². The van der Waals surface area contributed by atoms with E-state index in [-0.39, 0.29) is 0 Å². The fraction of sp³-hybridized carbons (Fsp3) is 0.273. The molecule has 2 heterocycles. The van der Waals surface area contributed by atoms with E-state index in [1.54, 1.807) is 11.3 Å². The molecule has 0 atom stereocenters. The maximum atomic E-state index is 10.1. The molecule has 14 heavy (non-hydrogen) atoms. The van der Waals surface area contributed by atoms with Gasteiger partial charge in [-0.25, -0.2) is 0 Å². The van der Waals surface area contributed by atoms with E-state index in [0.29, 0.717) is 13.2 Å². The van der Waals surface area contributed by atoms with Crippen molar-refractivity contribution in [3.63, 3.8) is 0 Å². The highest BCUT2D eigenvalue weighted by atomic mass is 32.1. The maximum Gasteiger partial charge on any atom is 0.137 e. The number of benzene rings is 1. The molecule has 1 saturated heterocycles. The Morgan fingerprint density at radius 2 is 2.07 bits per heavy atom. The molecule has 0 aliphatic carbocycles. The highest BCUT2D eigenvalue weighted by molar-refractivity contribution is 7.17. The molecule has 3 heteroatoms. The lowest BCUT2D eigenvalue weighted by atomic mass is 9.92. The highest BCUT2D eigenvalue weighted by Gasteiger charge is 2.39. The maximum absolute atomic E-state index is 10.1. The van der Waals surface area contributed by atoms with Gasteiger partial charge < -0.3 is 9.84 Å². The predicted molar refractivity (Wildman–Crippen MR) is 56.5 cm³/mol. The number of thiophene rings is 1. The summed E-state index contributed by atoms with van der Waals surface area (Å²) in [4.78, 5) is 0. The van der Waals surface area contributed by atoms with Crippen LogP contribution < -0.4 is 0 Å². The van der Waals surface area contributed by atoms with E-state index < -0.39 is 5.60 Å². The van der Waals surface area contributed by atoms with Crippen LogP contribution in [0.4, 0.5) is 0 Å². The number of aliphatic hydroxyl groups is 1. The molecular weight excluding hydrogens is 196 g/mol. The fourth-order valence-corrected chi connectivity index (χ4v) is 2.84. The molecule has 1 aromatic heterocycles. The normalized spacial score (nSPS) is 19.5. The van der Waals surface area contributed by atoms with E-state index in [1.807, 2.05) is 17.5 Å².